The highest BCUT2D eigenvalue weighted by atomic mass is 32.1. The lowest BCUT2D eigenvalue weighted by molar-refractivity contribution is 0.124. The molecule has 4 nitrogen and oxygen atoms in total. The van der Waals surface area contributed by atoms with Crippen molar-refractivity contribution in [1.82, 2.24) is 9.80 Å². The molecule has 0 spiro atoms. The lowest BCUT2D eigenvalue weighted by Gasteiger charge is -2.33. The van der Waals surface area contributed by atoms with Crippen molar-refractivity contribution >= 4 is 21.2 Å². The van der Waals surface area contributed by atoms with Crippen molar-refractivity contribution in [1.29, 1.82) is 0 Å². The molecule has 6 heteroatoms. The maximum Gasteiger partial charge on any atom is 0.337 e. The second-order valence-electron chi connectivity index (χ2n) is 20.2. The van der Waals surface area contributed by atoms with Gasteiger partial charge < -0.3 is 18.7 Å². The van der Waals surface area contributed by atoms with Gasteiger partial charge >= 0.3 is 8.56 Å². The minimum atomic E-state index is -2.29. The predicted molar refractivity (Wildman–Crippen MR) is 292 cm³/mol. The molecule has 0 atom stereocenters. The minimum absolute atomic E-state index is 0.836. The third kappa shape index (κ3) is 45.9. The monoisotopic (exact) mass is 925 g/mol. The number of hydrogen-bond donors (Lipinski definition) is 1. The van der Waals surface area contributed by atoms with Crippen LogP contribution in [0.3, 0.4) is 0 Å². The van der Waals surface area contributed by atoms with Gasteiger partial charge in [0.15, 0.2) is 0 Å². The largest absolute Gasteiger partial charge is 0.393 e. The van der Waals surface area contributed by atoms with Crippen LogP contribution in [0.1, 0.15) is 298 Å². The first-order valence-electron chi connectivity index (χ1n) is 29.4. The molecule has 0 unspecified atom stereocenters. The lowest BCUT2D eigenvalue weighted by Crippen LogP contribution is -2.45. The Morgan fingerprint density at radius 2 is 0.508 bits per heavy atom. The number of nitrogens with zero attached hydrogens (tertiary/aromatic N) is 2. The van der Waals surface area contributed by atoms with Crippen molar-refractivity contribution < 1.29 is 8.85 Å². The van der Waals surface area contributed by atoms with Crippen LogP contribution >= 0.6 is 12.6 Å². The second kappa shape index (κ2) is 53.4. The molecule has 0 amide bonds. The van der Waals surface area contributed by atoms with Crippen molar-refractivity contribution in [3.05, 3.63) is 0 Å². The van der Waals surface area contributed by atoms with E-state index in [-0.39, 0.29) is 0 Å². The zero-order chi connectivity index (χ0) is 45.8. The summed E-state index contributed by atoms with van der Waals surface area (Å²) in [5.41, 5.74) is 0. The molecular weight excluding hydrogens is 805 g/mol. The Kier molecular flexibility index (Phi) is 53.7. The third-order valence-corrected chi connectivity index (χ3v) is 18.1. The summed E-state index contributed by atoms with van der Waals surface area (Å²) in [6.07, 6.45) is 57.5. The molecule has 0 rings (SSSR count). The maximum absolute atomic E-state index is 7.05. The maximum atomic E-state index is 7.05. The highest BCUT2D eigenvalue weighted by molar-refractivity contribution is 7.80. The number of hydrogen-bond acceptors (Lipinski definition) is 5. The van der Waals surface area contributed by atoms with Gasteiger partial charge in [0.05, 0.1) is 0 Å². The second-order valence-corrected chi connectivity index (χ2v) is 24.3. The Bertz CT molecular complexity index is 730. The van der Waals surface area contributed by atoms with E-state index in [0.29, 0.717) is 0 Å². The van der Waals surface area contributed by atoms with Crippen LogP contribution in [-0.4, -0.2) is 76.6 Å². The van der Waals surface area contributed by atoms with Crippen LogP contribution < -0.4 is 0 Å². The highest BCUT2D eigenvalue weighted by Gasteiger charge is 2.35. The molecule has 63 heavy (non-hydrogen) atoms. The van der Waals surface area contributed by atoms with Crippen molar-refractivity contribution in [3.63, 3.8) is 0 Å². The van der Waals surface area contributed by atoms with Crippen LogP contribution in [0.4, 0.5) is 0 Å². The Morgan fingerprint density at radius 1 is 0.286 bits per heavy atom. The molecule has 0 fully saturated rings. The standard InChI is InChI=1S/C57H120N2O2SSi/c1-6-11-15-19-23-27-31-35-39-43-48-58(49-44-40-36-32-28-24-20-16-12-7-2)52-54-60-63(10-5,57-47-56-62)61-55-53-59(50-45-41-37-33-29-25-21-17-13-8-3)51-46-42-38-34-30-26-22-18-14-9-4/h62H,6-57H2,1-5H3. The number of unbranched alkanes of at least 4 members (excludes halogenated alkanes) is 36. The molecule has 0 saturated heterocycles. The molecular formula is C57H120N2O2SSi. The van der Waals surface area contributed by atoms with Gasteiger partial charge in [-0.25, -0.2) is 0 Å². The molecule has 0 aromatic heterocycles. The first-order chi connectivity index (χ1) is 31.1. The van der Waals surface area contributed by atoms with Crippen LogP contribution in [-0.2, 0) is 8.85 Å². The van der Waals surface area contributed by atoms with E-state index in [2.05, 4.69) is 57.0 Å². The fourth-order valence-electron chi connectivity index (χ4n) is 9.60. The van der Waals surface area contributed by atoms with Gasteiger partial charge in [-0.3, -0.25) is 0 Å². The van der Waals surface area contributed by atoms with E-state index in [1.54, 1.807) is 0 Å². The normalized spacial score (nSPS) is 12.2. The van der Waals surface area contributed by atoms with Gasteiger partial charge in [0.25, 0.3) is 0 Å². The molecule has 0 saturated carbocycles. The topological polar surface area (TPSA) is 24.9 Å². The third-order valence-electron chi connectivity index (χ3n) is 14.1. The van der Waals surface area contributed by atoms with E-state index in [0.717, 1.165) is 50.6 Å². The molecule has 380 valence electrons. The summed E-state index contributed by atoms with van der Waals surface area (Å²) in [5, 5.41) is 0. The summed E-state index contributed by atoms with van der Waals surface area (Å²) in [7, 11) is -2.29. The summed E-state index contributed by atoms with van der Waals surface area (Å²) in [4.78, 5) is 5.53. The van der Waals surface area contributed by atoms with Crippen molar-refractivity contribution in [2.45, 2.75) is 310 Å². The highest BCUT2D eigenvalue weighted by Crippen LogP contribution is 2.23. The molecule has 0 heterocycles. The fourth-order valence-corrected chi connectivity index (χ4v) is 12.8. The van der Waals surface area contributed by atoms with Gasteiger partial charge in [0.2, 0.25) is 0 Å². The van der Waals surface area contributed by atoms with Gasteiger partial charge in [-0.05, 0) is 76.1 Å². The van der Waals surface area contributed by atoms with Gasteiger partial charge in [-0.15, -0.1) is 0 Å². The van der Waals surface area contributed by atoms with E-state index < -0.39 is 8.56 Å². The molecule has 0 aliphatic heterocycles. The van der Waals surface area contributed by atoms with Gasteiger partial charge in [0, 0.05) is 26.3 Å². The van der Waals surface area contributed by atoms with E-state index in [1.807, 2.05) is 0 Å². The summed E-state index contributed by atoms with van der Waals surface area (Å²) >= 11 is 4.66. The van der Waals surface area contributed by atoms with E-state index in [1.165, 1.54) is 283 Å². The van der Waals surface area contributed by atoms with Crippen molar-refractivity contribution in [2.24, 2.45) is 0 Å². The van der Waals surface area contributed by atoms with Gasteiger partial charge in [-0.2, -0.15) is 12.6 Å². The average molecular weight is 926 g/mol. The first kappa shape index (κ1) is 63.4. The number of thiol groups is 1. The Morgan fingerprint density at radius 3 is 0.714 bits per heavy atom. The van der Waals surface area contributed by atoms with Crippen molar-refractivity contribution in [2.75, 3.05) is 58.2 Å². The minimum Gasteiger partial charge on any atom is -0.393 e. The Labute approximate surface area is 406 Å². The SMILES string of the molecule is CCCCCCCCCCCCN(CCCCCCCCCCCC)CCO[Si](CC)(CCCS)OCCN(CCCCCCCCCCCC)CCCCCCCCCCCC. The first-order valence-corrected chi connectivity index (χ1v) is 32.3. The van der Waals surface area contributed by atoms with E-state index in [9.17, 15) is 0 Å². The van der Waals surface area contributed by atoms with E-state index in [4.69, 9.17) is 8.85 Å². The fraction of sp³-hybridized carbons (Fsp3) is 1.00. The quantitative estimate of drug-likeness (QED) is 0.0373. The Balaban J connectivity index is 5.13. The summed E-state index contributed by atoms with van der Waals surface area (Å²) in [6, 6.07) is 2.13. The zero-order valence-electron chi connectivity index (χ0n) is 44.4. The molecule has 0 N–H and O–H groups in total. The smallest absolute Gasteiger partial charge is 0.337 e. The average Bonchev–Trinajstić information content (AvgIpc) is 3.29. The molecule has 0 aliphatic rings. The zero-order valence-corrected chi connectivity index (χ0v) is 46.3. The van der Waals surface area contributed by atoms with Crippen LogP contribution in [0, 0.1) is 0 Å². The summed E-state index contributed by atoms with van der Waals surface area (Å²) in [5.74, 6) is 0.925. The molecule has 0 radical (unpaired) electrons. The number of rotatable bonds is 56. The lowest BCUT2D eigenvalue weighted by atomic mass is 10.1. The van der Waals surface area contributed by atoms with Gasteiger partial charge in [-0.1, -0.05) is 266 Å². The van der Waals surface area contributed by atoms with Crippen LogP contribution in [0.2, 0.25) is 12.1 Å². The molecule has 0 bridgehead atoms. The summed E-state index contributed by atoms with van der Waals surface area (Å²) < 4.78 is 14.1. The molecule has 0 aromatic carbocycles. The van der Waals surface area contributed by atoms with Crippen LogP contribution in [0.5, 0.6) is 0 Å². The summed E-state index contributed by atoms with van der Waals surface area (Å²) in [6.45, 7) is 20.4. The predicted octanol–water partition coefficient (Wildman–Crippen LogP) is 19.1. The van der Waals surface area contributed by atoms with Crippen LogP contribution in [0.15, 0.2) is 0 Å². The van der Waals surface area contributed by atoms with Crippen LogP contribution in [0.25, 0.3) is 0 Å². The Hall–Kier alpha value is 0.407. The van der Waals surface area contributed by atoms with Gasteiger partial charge in [0.1, 0.15) is 0 Å². The van der Waals surface area contributed by atoms with Crippen molar-refractivity contribution in [3.8, 4) is 0 Å². The molecule has 0 aromatic rings. The molecule has 0 aliphatic carbocycles. The van der Waals surface area contributed by atoms with E-state index >= 15 is 0 Å².